The summed E-state index contributed by atoms with van der Waals surface area (Å²) >= 11 is 0. The number of anilines is 3. The second kappa shape index (κ2) is 5.88. The van der Waals surface area contributed by atoms with Gasteiger partial charge in [0.15, 0.2) is 0 Å². The van der Waals surface area contributed by atoms with Crippen molar-refractivity contribution in [3.8, 4) is 6.07 Å². The van der Waals surface area contributed by atoms with Gasteiger partial charge in [-0.1, -0.05) is 0 Å². The summed E-state index contributed by atoms with van der Waals surface area (Å²) < 4.78 is 38.5. The van der Waals surface area contributed by atoms with Gasteiger partial charge in [-0.3, -0.25) is 10.00 Å². The van der Waals surface area contributed by atoms with Gasteiger partial charge in [-0.2, -0.15) is 28.5 Å². The number of hydrogen-bond donors (Lipinski definition) is 2. The number of aromatic amines is 1. The van der Waals surface area contributed by atoms with E-state index in [1.165, 1.54) is 19.4 Å². The van der Waals surface area contributed by atoms with Gasteiger partial charge in [0.05, 0.1) is 23.8 Å². The standard InChI is InChI=1S/C12H12F3N7/c1-7-9(5-19-21-7)22(6-12(13,14)15)11-18-4-8(3-16)10(17-2)20-11/h4-5H,6H2,1-2H3,(H,19,21)(H,17,18,20). The Morgan fingerprint density at radius 3 is 2.64 bits per heavy atom. The summed E-state index contributed by atoms with van der Waals surface area (Å²) in [5, 5.41) is 17.9. The highest BCUT2D eigenvalue weighted by molar-refractivity contribution is 5.62. The predicted octanol–water partition coefficient (Wildman–Crippen LogP) is 2.12. The van der Waals surface area contributed by atoms with Crippen LogP contribution < -0.4 is 10.2 Å². The first-order valence-electron chi connectivity index (χ1n) is 6.15. The Morgan fingerprint density at radius 2 is 2.14 bits per heavy atom. The number of aryl methyl sites for hydroxylation is 1. The molecule has 2 aromatic heterocycles. The number of hydrogen-bond acceptors (Lipinski definition) is 6. The van der Waals surface area contributed by atoms with Crippen molar-refractivity contribution in [3.63, 3.8) is 0 Å². The molecule has 0 atom stereocenters. The maximum Gasteiger partial charge on any atom is 0.406 e. The minimum Gasteiger partial charge on any atom is -0.372 e. The van der Waals surface area contributed by atoms with Crippen LogP contribution in [0.2, 0.25) is 0 Å². The number of nitrogens with one attached hydrogen (secondary N) is 2. The largest absolute Gasteiger partial charge is 0.406 e. The molecule has 2 rings (SSSR count). The molecule has 22 heavy (non-hydrogen) atoms. The molecule has 2 aromatic rings. The topological polar surface area (TPSA) is 93.5 Å². The first-order chi connectivity index (χ1) is 10.4. The van der Waals surface area contributed by atoms with Crippen LogP contribution in [-0.2, 0) is 0 Å². The third kappa shape index (κ3) is 3.25. The summed E-state index contributed by atoms with van der Waals surface area (Å²) in [7, 11) is 1.52. The van der Waals surface area contributed by atoms with E-state index in [2.05, 4.69) is 25.5 Å². The van der Waals surface area contributed by atoms with Crippen LogP contribution in [0.5, 0.6) is 0 Å². The Kier molecular flexibility index (Phi) is 4.16. The Balaban J connectivity index is 2.50. The molecule has 0 bridgehead atoms. The van der Waals surface area contributed by atoms with Crippen molar-refractivity contribution in [3.05, 3.63) is 23.7 Å². The van der Waals surface area contributed by atoms with E-state index in [0.29, 0.717) is 5.69 Å². The number of nitriles is 1. The van der Waals surface area contributed by atoms with Crippen molar-refractivity contribution in [1.29, 1.82) is 5.26 Å². The van der Waals surface area contributed by atoms with E-state index in [9.17, 15) is 13.2 Å². The van der Waals surface area contributed by atoms with Crippen molar-refractivity contribution in [2.45, 2.75) is 13.1 Å². The van der Waals surface area contributed by atoms with Gasteiger partial charge >= 0.3 is 6.18 Å². The van der Waals surface area contributed by atoms with E-state index in [1.807, 2.05) is 6.07 Å². The fourth-order valence-corrected chi connectivity index (χ4v) is 1.83. The van der Waals surface area contributed by atoms with Crippen LogP contribution in [0, 0.1) is 18.3 Å². The molecule has 0 aliphatic heterocycles. The van der Waals surface area contributed by atoms with Gasteiger partial charge in [-0.15, -0.1) is 0 Å². The van der Waals surface area contributed by atoms with Crippen molar-refractivity contribution < 1.29 is 13.2 Å². The molecule has 0 amide bonds. The molecule has 116 valence electrons. The van der Waals surface area contributed by atoms with Crippen LogP contribution in [0.25, 0.3) is 0 Å². The van der Waals surface area contributed by atoms with Gasteiger partial charge < -0.3 is 5.32 Å². The van der Waals surface area contributed by atoms with Crippen molar-refractivity contribution in [1.82, 2.24) is 20.2 Å². The second-order valence-electron chi connectivity index (χ2n) is 4.38. The van der Waals surface area contributed by atoms with Gasteiger partial charge in [0, 0.05) is 7.05 Å². The second-order valence-corrected chi connectivity index (χ2v) is 4.38. The number of halogens is 3. The van der Waals surface area contributed by atoms with E-state index in [-0.39, 0.29) is 23.0 Å². The molecule has 0 aliphatic rings. The maximum absolute atomic E-state index is 12.8. The first-order valence-corrected chi connectivity index (χ1v) is 6.15. The van der Waals surface area contributed by atoms with Crippen LogP contribution in [0.3, 0.4) is 0 Å². The highest BCUT2D eigenvalue weighted by atomic mass is 19.4. The molecule has 0 aliphatic carbocycles. The molecule has 2 N–H and O–H groups in total. The molecule has 7 nitrogen and oxygen atoms in total. The number of rotatable bonds is 4. The lowest BCUT2D eigenvalue weighted by Crippen LogP contribution is -2.32. The summed E-state index contributed by atoms with van der Waals surface area (Å²) in [6.07, 6.45) is -2.02. The molecule has 0 unspecified atom stereocenters. The lowest BCUT2D eigenvalue weighted by Gasteiger charge is -2.23. The van der Waals surface area contributed by atoms with Crippen LogP contribution in [0.15, 0.2) is 12.4 Å². The fourth-order valence-electron chi connectivity index (χ4n) is 1.83. The monoisotopic (exact) mass is 311 g/mol. The zero-order valence-electron chi connectivity index (χ0n) is 11.7. The van der Waals surface area contributed by atoms with Crippen LogP contribution >= 0.6 is 0 Å². The molecular formula is C12H12F3N7. The minimum absolute atomic E-state index is 0.141. The maximum atomic E-state index is 12.8. The summed E-state index contributed by atoms with van der Waals surface area (Å²) in [5.74, 6) is -0.0222. The van der Waals surface area contributed by atoms with Crippen molar-refractivity contribution in [2.75, 3.05) is 23.8 Å². The van der Waals surface area contributed by atoms with Gasteiger partial charge in [0.25, 0.3) is 0 Å². The Hall–Kier alpha value is -2.83. The van der Waals surface area contributed by atoms with Gasteiger partial charge in [-0.05, 0) is 6.92 Å². The summed E-state index contributed by atoms with van der Waals surface area (Å²) in [4.78, 5) is 8.72. The average Bonchev–Trinajstić information content (AvgIpc) is 2.89. The molecule has 10 heteroatoms. The number of H-pyrrole nitrogens is 1. The first kappa shape index (κ1) is 15.6. The molecule has 0 fully saturated rings. The predicted molar refractivity (Wildman–Crippen MR) is 72.7 cm³/mol. The fraction of sp³-hybridized carbons (Fsp3) is 0.333. The molecule has 2 heterocycles. The van der Waals surface area contributed by atoms with Crippen molar-refractivity contribution >= 4 is 17.5 Å². The summed E-state index contributed by atoms with van der Waals surface area (Å²) in [6, 6.07) is 1.86. The minimum atomic E-state index is -4.46. The van der Waals surface area contributed by atoms with Gasteiger partial charge in [0.1, 0.15) is 24.0 Å². The Labute approximate surface area is 123 Å². The average molecular weight is 311 g/mol. The van der Waals surface area contributed by atoms with Crippen LogP contribution in [0.4, 0.5) is 30.6 Å². The zero-order chi connectivity index (χ0) is 16.3. The Morgan fingerprint density at radius 1 is 1.41 bits per heavy atom. The van der Waals surface area contributed by atoms with E-state index in [4.69, 9.17) is 5.26 Å². The number of alkyl halides is 3. The van der Waals surface area contributed by atoms with Gasteiger partial charge in [-0.25, -0.2) is 4.98 Å². The summed E-state index contributed by atoms with van der Waals surface area (Å²) in [5.41, 5.74) is 0.800. The highest BCUT2D eigenvalue weighted by Gasteiger charge is 2.34. The number of nitrogens with zero attached hydrogens (tertiary/aromatic N) is 5. The van der Waals surface area contributed by atoms with Gasteiger partial charge in [0.2, 0.25) is 5.95 Å². The SMILES string of the molecule is CNc1nc(N(CC(F)(F)F)c2cn[nH]c2C)ncc1C#N. The van der Waals surface area contributed by atoms with E-state index in [0.717, 1.165) is 4.90 Å². The molecule has 0 saturated carbocycles. The Bertz CT molecular complexity index is 701. The quantitative estimate of drug-likeness (QED) is 0.898. The molecule has 0 radical (unpaired) electrons. The lowest BCUT2D eigenvalue weighted by atomic mass is 10.3. The third-order valence-corrected chi connectivity index (χ3v) is 2.81. The van der Waals surface area contributed by atoms with Crippen LogP contribution in [0.1, 0.15) is 11.3 Å². The lowest BCUT2D eigenvalue weighted by molar-refractivity contribution is -0.118. The van der Waals surface area contributed by atoms with E-state index < -0.39 is 12.7 Å². The number of aromatic nitrogens is 4. The normalized spacial score (nSPS) is 11.1. The zero-order valence-corrected chi connectivity index (χ0v) is 11.7. The molecule has 0 spiro atoms. The van der Waals surface area contributed by atoms with Crippen molar-refractivity contribution in [2.24, 2.45) is 0 Å². The van der Waals surface area contributed by atoms with Crippen LogP contribution in [-0.4, -0.2) is 39.9 Å². The van der Waals surface area contributed by atoms with E-state index >= 15 is 0 Å². The smallest absolute Gasteiger partial charge is 0.372 e. The van der Waals surface area contributed by atoms with E-state index in [1.54, 1.807) is 6.92 Å². The molecule has 0 aromatic carbocycles. The third-order valence-electron chi connectivity index (χ3n) is 2.81. The molecular weight excluding hydrogens is 299 g/mol. The molecule has 0 saturated heterocycles. The highest BCUT2D eigenvalue weighted by Crippen LogP contribution is 2.29. The summed E-state index contributed by atoms with van der Waals surface area (Å²) in [6.45, 7) is 0.316.